The Labute approximate surface area is 175 Å². The van der Waals surface area contributed by atoms with Crippen LogP contribution in [0.5, 0.6) is 0 Å². The number of rotatable bonds is 5. The topological polar surface area (TPSA) is 75.3 Å². The van der Waals surface area contributed by atoms with E-state index in [4.69, 9.17) is 23.2 Å². The lowest BCUT2D eigenvalue weighted by Crippen LogP contribution is -2.16. The van der Waals surface area contributed by atoms with Crippen molar-refractivity contribution in [1.29, 1.82) is 0 Å². The summed E-state index contributed by atoms with van der Waals surface area (Å²) in [7, 11) is -4.08. The molecule has 3 aromatic carbocycles. The second kappa shape index (κ2) is 8.36. The minimum Gasteiger partial charge on any atom is -0.319 e. The largest absolute Gasteiger partial charge is 0.319 e. The Balaban J connectivity index is 1.83. The van der Waals surface area contributed by atoms with Gasteiger partial charge in [0.05, 0.1) is 10.7 Å². The fourth-order valence-corrected chi connectivity index (χ4v) is 4.22. The number of hydrogen-bond donors (Lipinski definition) is 2. The maximum absolute atomic E-state index is 13.7. The third kappa shape index (κ3) is 5.03. The van der Waals surface area contributed by atoms with Crippen LogP contribution in [0.2, 0.25) is 10.0 Å². The number of amides is 1. The van der Waals surface area contributed by atoms with Crippen molar-refractivity contribution in [2.45, 2.75) is 4.90 Å². The molecule has 0 aliphatic rings. The first-order valence-electron chi connectivity index (χ1n) is 8.00. The summed E-state index contributed by atoms with van der Waals surface area (Å²) >= 11 is 11.8. The molecule has 0 heterocycles. The van der Waals surface area contributed by atoms with Crippen molar-refractivity contribution in [1.82, 2.24) is 0 Å². The number of sulfonamides is 1. The molecule has 0 aliphatic carbocycles. The van der Waals surface area contributed by atoms with Crippen molar-refractivity contribution in [2.75, 3.05) is 10.0 Å². The summed E-state index contributed by atoms with van der Waals surface area (Å²) in [6.07, 6.45) is 0. The van der Waals surface area contributed by atoms with E-state index < -0.39 is 27.6 Å². The van der Waals surface area contributed by atoms with Gasteiger partial charge in [0.1, 0.15) is 16.5 Å². The van der Waals surface area contributed by atoms with Gasteiger partial charge >= 0.3 is 0 Å². The summed E-state index contributed by atoms with van der Waals surface area (Å²) in [5.74, 6) is -2.43. The lowest BCUT2D eigenvalue weighted by molar-refractivity contribution is 0.102. The first kappa shape index (κ1) is 21.0. The van der Waals surface area contributed by atoms with Gasteiger partial charge in [-0.3, -0.25) is 9.52 Å². The van der Waals surface area contributed by atoms with Crippen LogP contribution in [0.3, 0.4) is 0 Å². The predicted octanol–water partition coefficient (Wildman–Crippen LogP) is 5.32. The normalized spacial score (nSPS) is 11.2. The lowest BCUT2D eigenvalue weighted by atomic mass is 10.2. The minimum atomic E-state index is -4.08. The number of halogens is 4. The smallest absolute Gasteiger partial charge is 0.263 e. The molecule has 0 spiro atoms. The number of carbonyl (C=O) groups is 1. The van der Waals surface area contributed by atoms with Gasteiger partial charge in [-0.2, -0.15) is 0 Å². The maximum atomic E-state index is 13.7. The number of hydrogen-bond acceptors (Lipinski definition) is 3. The van der Waals surface area contributed by atoms with Gasteiger partial charge in [-0.25, -0.2) is 17.2 Å². The van der Waals surface area contributed by atoms with E-state index in [-0.39, 0.29) is 31.9 Å². The molecular formula is C19H12Cl2F2N2O3S. The zero-order chi connectivity index (χ0) is 21.2. The summed E-state index contributed by atoms with van der Waals surface area (Å²) in [5, 5.41) is 2.45. The monoisotopic (exact) mass is 456 g/mol. The first-order valence-corrected chi connectivity index (χ1v) is 10.2. The van der Waals surface area contributed by atoms with Crippen molar-refractivity contribution >= 4 is 50.5 Å². The maximum Gasteiger partial charge on any atom is 0.263 e. The molecule has 5 nitrogen and oxygen atoms in total. The van der Waals surface area contributed by atoms with Gasteiger partial charge in [0.2, 0.25) is 0 Å². The molecule has 0 fully saturated rings. The number of nitrogens with one attached hydrogen (secondary N) is 2. The zero-order valence-electron chi connectivity index (χ0n) is 14.4. The van der Waals surface area contributed by atoms with Gasteiger partial charge in [0, 0.05) is 22.3 Å². The van der Waals surface area contributed by atoms with Crippen LogP contribution in [0.25, 0.3) is 0 Å². The summed E-state index contributed by atoms with van der Waals surface area (Å²) in [6, 6.07) is 12.2. The molecule has 0 unspecified atom stereocenters. The van der Waals surface area contributed by atoms with E-state index in [1.54, 1.807) is 0 Å². The van der Waals surface area contributed by atoms with E-state index >= 15 is 0 Å². The molecule has 2 N–H and O–H groups in total. The average molecular weight is 457 g/mol. The highest BCUT2D eigenvalue weighted by Crippen LogP contribution is 2.27. The molecule has 0 saturated carbocycles. The summed E-state index contributed by atoms with van der Waals surface area (Å²) < 4.78 is 54.2. The fourth-order valence-electron chi connectivity index (χ4n) is 2.40. The van der Waals surface area contributed by atoms with Crippen LogP contribution in [0.1, 0.15) is 10.4 Å². The van der Waals surface area contributed by atoms with Crippen LogP contribution in [0, 0.1) is 11.6 Å². The van der Waals surface area contributed by atoms with E-state index in [0.717, 1.165) is 12.1 Å². The number of anilines is 2. The summed E-state index contributed by atoms with van der Waals surface area (Å²) in [5.41, 5.74) is -0.0903. The molecule has 1 amide bonds. The summed E-state index contributed by atoms with van der Waals surface area (Å²) in [6.45, 7) is 0. The summed E-state index contributed by atoms with van der Waals surface area (Å²) in [4.78, 5) is 12.1. The molecule has 0 bridgehead atoms. The number of carbonyl (C=O) groups excluding carboxylic acids is 1. The Kier molecular flexibility index (Phi) is 6.07. The Bertz CT molecular complexity index is 1200. The molecule has 3 aromatic rings. The van der Waals surface area contributed by atoms with Gasteiger partial charge in [0.25, 0.3) is 15.9 Å². The Morgan fingerprint density at radius 1 is 0.931 bits per heavy atom. The molecule has 29 heavy (non-hydrogen) atoms. The lowest BCUT2D eigenvalue weighted by Gasteiger charge is -2.11. The van der Waals surface area contributed by atoms with Crippen LogP contribution in [-0.2, 0) is 10.0 Å². The molecule has 0 atom stereocenters. The SMILES string of the molecule is O=C(Nc1ccc(F)cc1F)c1cccc(NS(=O)(=O)c2cc(Cl)ccc2Cl)c1. The van der Waals surface area contributed by atoms with Crippen molar-refractivity contribution in [2.24, 2.45) is 0 Å². The standard InChI is InChI=1S/C19H12Cl2F2N2O3S/c20-12-4-6-15(21)18(9-12)29(27,28)25-14-3-1-2-11(8-14)19(26)24-17-7-5-13(22)10-16(17)23/h1-10,25H,(H,24,26). The minimum absolute atomic E-state index is 0.0254. The predicted molar refractivity (Wildman–Crippen MR) is 108 cm³/mol. The van der Waals surface area contributed by atoms with E-state index in [0.29, 0.717) is 6.07 Å². The van der Waals surface area contributed by atoms with Gasteiger partial charge in [0.15, 0.2) is 0 Å². The van der Waals surface area contributed by atoms with Gasteiger partial charge < -0.3 is 5.32 Å². The van der Waals surface area contributed by atoms with E-state index in [2.05, 4.69) is 10.0 Å². The molecule has 0 radical (unpaired) electrons. The molecule has 0 aromatic heterocycles. The van der Waals surface area contributed by atoms with Crippen LogP contribution in [0.15, 0.2) is 65.6 Å². The van der Waals surface area contributed by atoms with Gasteiger partial charge in [-0.05, 0) is 48.5 Å². The van der Waals surface area contributed by atoms with Crippen LogP contribution >= 0.6 is 23.2 Å². The van der Waals surface area contributed by atoms with Crippen molar-refractivity contribution in [3.8, 4) is 0 Å². The molecule has 0 aliphatic heterocycles. The van der Waals surface area contributed by atoms with Crippen LogP contribution < -0.4 is 10.0 Å². The fraction of sp³-hybridized carbons (Fsp3) is 0. The van der Waals surface area contributed by atoms with Gasteiger partial charge in [-0.15, -0.1) is 0 Å². The molecule has 150 valence electrons. The highest BCUT2D eigenvalue weighted by molar-refractivity contribution is 7.92. The molecule has 10 heteroatoms. The zero-order valence-corrected chi connectivity index (χ0v) is 16.7. The quantitative estimate of drug-likeness (QED) is 0.544. The van der Waals surface area contributed by atoms with Crippen molar-refractivity contribution in [3.63, 3.8) is 0 Å². The Morgan fingerprint density at radius 2 is 1.69 bits per heavy atom. The van der Waals surface area contributed by atoms with Crippen LogP contribution in [-0.4, -0.2) is 14.3 Å². The van der Waals surface area contributed by atoms with E-state index in [9.17, 15) is 22.0 Å². The van der Waals surface area contributed by atoms with E-state index in [1.807, 2.05) is 0 Å². The van der Waals surface area contributed by atoms with E-state index in [1.165, 1.54) is 42.5 Å². The molecule has 3 rings (SSSR count). The second-order valence-corrected chi connectivity index (χ2v) is 8.33. The average Bonchev–Trinajstić information content (AvgIpc) is 2.65. The van der Waals surface area contributed by atoms with Crippen molar-refractivity contribution in [3.05, 3.63) is 87.9 Å². The first-order chi connectivity index (χ1) is 13.7. The Hall–Kier alpha value is -2.68. The third-order valence-corrected chi connectivity index (χ3v) is 5.84. The third-order valence-electron chi connectivity index (χ3n) is 3.74. The molecule has 0 saturated heterocycles. The van der Waals surface area contributed by atoms with Crippen LogP contribution in [0.4, 0.5) is 20.2 Å². The van der Waals surface area contributed by atoms with Crippen molar-refractivity contribution < 1.29 is 22.0 Å². The number of benzene rings is 3. The Morgan fingerprint density at radius 3 is 2.41 bits per heavy atom. The molecular weight excluding hydrogens is 445 g/mol. The highest BCUT2D eigenvalue weighted by atomic mass is 35.5. The van der Waals surface area contributed by atoms with Gasteiger partial charge in [-0.1, -0.05) is 29.3 Å². The second-order valence-electron chi connectivity index (χ2n) is 5.84. The highest BCUT2D eigenvalue weighted by Gasteiger charge is 2.19.